The third-order valence-electron chi connectivity index (χ3n) is 4.90. The van der Waals surface area contributed by atoms with E-state index in [1.54, 1.807) is 19.2 Å². The molecule has 0 aromatic carbocycles. The van der Waals surface area contributed by atoms with E-state index in [0.29, 0.717) is 26.0 Å². The van der Waals surface area contributed by atoms with Crippen LogP contribution in [0.25, 0.3) is 0 Å². The van der Waals surface area contributed by atoms with Gasteiger partial charge in [-0.3, -0.25) is 4.79 Å². The molecule has 5 nitrogen and oxygen atoms in total. The summed E-state index contributed by atoms with van der Waals surface area (Å²) in [6.07, 6.45) is 2.94. The van der Waals surface area contributed by atoms with Gasteiger partial charge in [-0.05, 0) is 50.2 Å². The number of esters is 1. The maximum atomic E-state index is 13.3. The number of halogens is 1. The first-order valence-corrected chi connectivity index (χ1v) is 9.56. The number of aryl methyl sites for hydroxylation is 1. The van der Waals surface area contributed by atoms with Crippen LogP contribution in [0.3, 0.4) is 0 Å². The molecule has 2 rings (SSSR count). The Kier molecular flexibility index (Phi) is 7.38. The Labute approximate surface area is 155 Å². The molecule has 1 fully saturated rings. The molecule has 1 aliphatic heterocycles. The second kappa shape index (κ2) is 9.31. The van der Waals surface area contributed by atoms with E-state index in [2.05, 4.69) is 4.90 Å². The fraction of sp³-hybridized carbons (Fsp3) is 0.700. The predicted octanol–water partition coefficient (Wildman–Crippen LogP) is 2.89. The minimum atomic E-state index is -0.732. The van der Waals surface area contributed by atoms with Crippen LogP contribution in [0.4, 0.5) is 4.39 Å². The largest absolute Gasteiger partial charge is 0.464 e. The number of nitrogens with zero attached hydrogens (tertiary/aromatic N) is 2. The van der Waals surface area contributed by atoms with Crippen LogP contribution in [0.2, 0.25) is 0 Å². The van der Waals surface area contributed by atoms with E-state index in [4.69, 9.17) is 4.74 Å². The summed E-state index contributed by atoms with van der Waals surface area (Å²) in [5, 5.41) is 0. The molecule has 2 unspecified atom stereocenters. The molecular weight excluding hydrogens is 335 g/mol. The summed E-state index contributed by atoms with van der Waals surface area (Å²) in [6.45, 7) is 10.0. The highest BCUT2D eigenvalue weighted by atomic mass is 19.1. The van der Waals surface area contributed by atoms with Gasteiger partial charge in [-0.15, -0.1) is 0 Å². The number of hydrogen-bond acceptors (Lipinski definition) is 4. The molecule has 1 aromatic rings. The molecule has 146 valence electrons. The summed E-state index contributed by atoms with van der Waals surface area (Å²) in [4.78, 5) is 27.0. The molecule has 1 aromatic heterocycles. The maximum absolute atomic E-state index is 13.3. The Morgan fingerprint density at radius 1 is 1.42 bits per heavy atom. The van der Waals surface area contributed by atoms with Gasteiger partial charge in [-0.2, -0.15) is 0 Å². The van der Waals surface area contributed by atoms with Crippen molar-refractivity contribution in [2.75, 3.05) is 26.2 Å². The molecular formula is C20H31FN2O3. The SMILES string of the molecule is CCOC(=O)C(CC(C)C)n1cc(CCN2CCC(F)C2)c(C)cc1=O. The topological polar surface area (TPSA) is 51.5 Å². The van der Waals surface area contributed by atoms with Crippen LogP contribution < -0.4 is 5.56 Å². The molecule has 0 N–H and O–H groups in total. The summed E-state index contributed by atoms with van der Waals surface area (Å²) in [7, 11) is 0. The number of ether oxygens (including phenoxy) is 1. The van der Waals surface area contributed by atoms with Gasteiger partial charge in [0.05, 0.1) is 6.61 Å². The van der Waals surface area contributed by atoms with Gasteiger partial charge in [-0.1, -0.05) is 13.8 Å². The number of hydrogen-bond donors (Lipinski definition) is 0. The Bertz CT molecular complexity index is 672. The number of carbonyl (C=O) groups is 1. The van der Waals surface area contributed by atoms with E-state index >= 15 is 0 Å². The van der Waals surface area contributed by atoms with Gasteiger partial charge in [0.2, 0.25) is 0 Å². The molecule has 1 saturated heterocycles. The van der Waals surface area contributed by atoms with Gasteiger partial charge >= 0.3 is 5.97 Å². The van der Waals surface area contributed by atoms with Gasteiger partial charge in [0.15, 0.2) is 0 Å². The third kappa shape index (κ3) is 5.40. The zero-order valence-electron chi connectivity index (χ0n) is 16.3. The second-order valence-electron chi connectivity index (χ2n) is 7.56. The van der Waals surface area contributed by atoms with E-state index in [0.717, 1.165) is 30.6 Å². The van der Waals surface area contributed by atoms with Gasteiger partial charge < -0.3 is 14.2 Å². The average molecular weight is 366 g/mol. The molecule has 2 heterocycles. The quantitative estimate of drug-likeness (QED) is 0.664. The Hall–Kier alpha value is -1.69. The zero-order chi connectivity index (χ0) is 19.3. The molecule has 0 aliphatic carbocycles. The highest BCUT2D eigenvalue weighted by molar-refractivity contribution is 5.74. The molecule has 0 bridgehead atoms. The molecule has 6 heteroatoms. The number of alkyl halides is 1. The summed E-state index contributed by atoms with van der Waals surface area (Å²) >= 11 is 0. The van der Waals surface area contributed by atoms with Crippen LogP contribution >= 0.6 is 0 Å². The molecule has 1 aliphatic rings. The molecule has 0 amide bonds. The fourth-order valence-electron chi connectivity index (χ4n) is 3.47. The maximum Gasteiger partial charge on any atom is 0.329 e. The highest BCUT2D eigenvalue weighted by Gasteiger charge is 2.25. The zero-order valence-corrected chi connectivity index (χ0v) is 16.3. The normalized spacial score (nSPS) is 19.1. The lowest BCUT2D eigenvalue weighted by molar-refractivity contribution is -0.147. The number of carbonyl (C=O) groups excluding carboxylic acids is 1. The van der Waals surface area contributed by atoms with E-state index in [9.17, 15) is 14.0 Å². The summed E-state index contributed by atoms with van der Waals surface area (Å²) in [5.41, 5.74) is 1.74. The number of aromatic nitrogens is 1. The Morgan fingerprint density at radius 3 is 2.73 bits per heavy atom. The van der Waals surface area contributed by atoms with Crippen molar-refractivity contribution in [3.8, 4) is 0 Å². The standard InChI is InChI=1S/C20H31FN2O3/c1-5-26-20(25)18(10-14(2)3)23-12-16(15(4)11-19(23)24)6-8-22-9-7-17(21)13-22/h11-12,14,17-18H,5-10,13H2,1-4H3. The van der Waals surface area contributed by atoms with Gasteiger partial charge in [0.25, 0.3) is 5.56 Å². The van der Waals surface area contributed by atoms with Crippen molar-refractivity contribution in [3.05, 3.63) is 33.7 Å². The van der Waals surface area contributed by atoms with Crippen molar-refractivity contribution in [1.29, 1.82) is 0 Å². The lowest BCUT2D eigenvalue weighted by Gasteiger charge is -2.22. The minimum absolute atomic E-state index is 0.185. The van der Waals surface area contributed by atoms with Crippen LogP contribution in [0.1, 0.15) is 50.8 Å². The van der Waals surface area contributed by atoms with E-state index in [1.165, 1.54) is 4.57 Å². The van der Waals surface area contributed by atoms with Crippen molar-refractivity contribution in [1.82, 2.24) is 9.47 Å². The summed E-state index contributed by atoms with van der Waals surface area (Å²) < 4.78 is 20.1. The van der Waals surface area contributed by atoms with Crippen molar-refractivity contribution >= 4 is 5.97 Å². The first-order chi connectivity index (χ1) is 12.3. The predicted molar refractivity (Wildman–Crippen MR) is 100 cm³/mol. The van der Waals surface area contributed by atoms with Crippen molar-refractivity contribution in [2.24, 2.45) is 5.92 Å². The first kappa shape index (κ1) is 20.6. The first-order valence-electron chi connectivity index (χ1n) is 9.56. The lowest BCUT2D eigenvalue weighted by Crippen LogP contribution is -2.32. The minimum Gasteiger partial charge on any atom is -0.464 e. The second-order valence-corrected chi connectivity index (χ2v) is 7.56. The lowest BCUT2D eigenvalue weighted by atomic mass is 10.0. The van der Waals surface area contributed by atoms with Crippen LogP contribution in [-0.4, -0.2) is 47.8 Å². The van der Waals surface area contributed by atoms with Gasteiger partial charge in [-0.25, -0.2) is 9.18 Å². The van der Waals surface area contributed by atoms with Crippen LogP contribution in [0.5, 0.6) is 0 Å². The Morgan fingerprint density at radius 2 is 2.15 bits per heavy atom. The summed E-state index contributed by atoms with van der Waals surface area (Å²) in [5.74, 6) is -0.106. The smallest absolute Gasteiger partial charge is 0.329 e. The summed E-state index contributed by atoms with van der Waals surface area (Å²) in [6, 6.07) is 0.980. The molecule has 26 heavy (non-hydrogen) atoms. The number of rotatable bonds is 8. The van der Waals surface area contributed by atoms with Crippen LogP contribution in [0.15, 0.2) is 17.1 Å². The van der Waals surface area contributed by atoms with Crippen LogP contribution in [0, 0.1) is 12.8 Å². The Balaban J connectivity index is 2.23. The third-order valence-corrected chi connectivity index (χ3v) is 4.90. The number of pyridine rings is 1. The highest BCUT2D eigenvalue weighted by Crippen LogP contribution is 2.20. The molecule has 0 spiro atoms. The average Bonchev–Trinajstić information content (AvgIpc) is 2.97. The van der Waals surface area contributed by atoms with Crippen LogP contribution in [-0.2, 0) is 16.0 Å². The fourth-order valence-corrected chi connectivity index (χ4v) is 3.47. The number of likely N-dealkylation sites (tertiary alicyclic amines) is 1. The van der Waals surface area contributed by atoms with Crippen molar-refractivity contribution in [3.63, 3.8) is 0 Å². The van der Waals surface area contributed by atoms with E-state index in [-0.39, 0.29) is 17.4 Å². The van der Waals surface area contributed by atoms with E-state index < -0.39 is 12.2 Å². The van der Waals surface area contributed by atoms with Crippen molar-refractivity contribution in [2.45, 2.75) is 59.2 Å². The van der Waals surface area contributed by atoms with Gasteiger partial charge in [0, 0.05) is 31.9 Å². The van der Waals surface area contributed by atoms with E-state index in [1.807, 2.05) is 20.8 Å². The molecule has 0 saturated carbocycles. The monoisotopic (exact) mass is 366 g/mol. The molecule has 2 atom stereocenters. The van der Waals surface area contributed by atoms with Gasteiger partial charge in [0.1, 0.15) is 12.2 Å². The van der Waals surface area contributed by atoms with Crippen molar-refractivity contribution < 1.29 is 13.9 Å². The molecule has 0 radical (unpaired) electrons.